The topological polar surface area (TPSA) is 87.1 Å². The van der Waals surface area contributed by atoms with E-state index in [0.29, 0.717) is 34.4 Å². The highest BCUT2D eigenvalue weighted by Crippen LogP contribution is 2.55. The molecule has 3 bridgehead atoms. The average Bonchev–Trinajstić information content (AvgIpc) is 3.17. The minimum Gasteiger partial charge on any atom is -0.390 e. The van der Waals surface area contributed by atoms with Gasteiger partial charge in [-0.05, 0) is 68.4 Å². The van der Waals surface area contributed by atoms with E-state index < -0.39 is 5.60 Å². The van der Waals surface area contributed by atoms with Gasteiger partial charge in [-0.1, -0.05) is 6.07 Å². The van der Waals surface area contributed by atoms with E-state index in [1.54, 1.807) is 11.6 Å². The summed E-state index contributed by atoms with van der Waals surface area (Å²) >= 11 is 1.40. The molecule has 142 valence electrons. The van der Waals surface area contributed by atoms with Gasteiger partial charge in [0.25, 0.3) is 5.91 Å². The molecule has 3 saturated carbocycles. The van der Waals surface area contributed by atoms with Gasteiger partial charge in [0.15, 0.2) is 5.13 Å². The monoisotopic (exact) mass is 384 g/mol. The zero-order chi connectivity index (χ0) is 18.4. The molecule has 0 saturated heterocycles. The Bertz CT molecular complexity index is 842. The second-order valence-electron chi connectivity index (χ2n) is 8.40. The number of rotatable bonds is 4. The second kappa shape index (κ2) is 6.56. The number of fused-ring (bicyclic) bond motifs is 2. The van der Waals surface area contributed by atoms with Crippen LogP contribution in [0.3, 0.4) is 0 Å². The van der Waals surface area contributed by atoms with Crippen molar-refractivity contribution in [3.63, 3.8) is 0 Å². The third-order valence-electron chi connectivity index (χ3n) is 6.52. The van der Waals surface area contributed by atoms with Gasteiger partial charge in [-0.15, -0.1) is 11.3 Å². The van der Waals surface area contributed by atoms with Gasteiger partial charge in [0.05, 0.1) is 5.60 Å². The third kappa shape index (κ3) is 3.34. The average molecular weight is 385 g/mol. The number of amides is 1. The molecular formula is C20H24N4O2S. The number of aromatic nitrogens is 2. The molecule has 3 aliphatic carbocycles. The lowest BCUT2D eigenvalue weighted by molar-refractivity contribution is -0.00594. The molecule has 3 unspecified atom stereocenters. The van der Waals surface area contributed by atoms with Crippen LogP contribution < -0.4 is 10.6 Å². The maximum atomic E-state index is 12.8. The number of aliphatic hydroxyl groups is 1. The van der Waals surface area contributed by atoms with Crippen LogP contribution in [0.4, 0.5) is 10.9 Å². The number of nitrogens with one attached hydrogen (secondary N) is 2. The predicted molar refractivity (Wildman–Crippen MR) is 104 cm³/mol. The van der Waals surface area contributed by atoms with Crippen LogP contribution in [0.25, 0.3) is 0 Å². The molecule has 6 nitrogen and oxygen atoms in total. The van der Waals surface area contributed by atoms with Gasteiger partial charge in [-0.3, -0.25) is 4.79 Å². The molecule has 7 heteroatoms. The van der Waals surface area contributed by atoms with Crippen LogP contribution in [0.15, 0.2) is 29.8 Å². The van der Waals surface area contributed by atoms with Crippen molar-refractivity contribution in [2.24, 2.45) is 17.8 Å². The Labute approximate surface area is 162 Å². The van der Waals surface area contributed by atoms with Crippen molar-refractivity contribution in [3.8, 4) is 0 Å². The van der Waals surface area contributed by atoms with Crippen molar-refractivity contribution in [3.05, 3.63) is 35.5 Å². The van der Waals surface area contributed by atoms with Gasteiger partial charge in [-0.25, -0.2) is 9.97 Å². The second-order valence-corrected chi connectivity index (χ2v) is 9.26. The Morgan fingerprint density at radius 1 is 1.26 bits per heavy atom. The lowest BCUT2D eigenvalue weighted by Gasteiger charge is -2.33. The quantitative estimate of drug-likeness (QED) is 0.753. The first-order valence-electron chi connectivity index (χ1n) is 9.75. The lowest BCUT2D eigenvalue weighted by atomic mass is 9.77. The smallest absolute Gasteiger partial charge is 0.271 e. The standard InChI is InChI=1S/C20H24N4O2S/c25-18(16-11-27-19(23-16)24-17-3-1-2-6-21-17)22-15-5-4-12-7-13-9-20(26,8-12)10-14(13)15/h1-3,6,11-15,26H,4-5,7-10H2,(H,22,25)(H,21,23,24)/t12?,13?,14?,15-,20-/m0/s1. The molecule has 3 fully saturated rings. The van der Waals surface area contributed by atoms with Crippen molar-refractivity contribution in [2.45, 2.75) is 50.2 Å². The fourth-order valence-corrected chi connectivity index (χ4v) is 6.22. The molecule has 5 atom stereocenters. The zero-order valence-corrected chi connectivity index (χ0v) is 15.9. The number of hydrogen-bond acceptors (Lipinski definition) is 6. The normalized spacial score (nSPS) is 34.3. The molecule has 0 aliphatic heterocycles. The number of thiazole rings is 1. The molecule has 2 heterocycles. The van der Waals surface area contributed by atoms with Gasteiger partial charge in [0.1, 0.15) is 11.5 Å². The first-order chi connectivity index (χ1) is 13.1. The van der Waals surface area contributed by atoms with Crippen molar-refractivity contribution in [1.82, 2.24) is 15.3 Å². The summed E-state index contributed by atoms with van der Waals surface area (Å²) in [5.41, 5.74) is -0.0386. The van der Waals surface area contributed by atoms with Crippen molar-refractivity contribution >= 4 is 28.2 Å². The number of carbonyl (C=O) groups excluding carboxylic acids is 1. The van der Waals surface area contributed by atoms with Gasteiger partial charge >= 0.3 is 0 Å². The fourth-order valence-electron chi connectivity index (χ4n) is 5.53. The van der Waals surface area contributed by atoms with Gasteiger partial charge < -0.3 is 15.7 Å². The number of anilines is 2. The van der Waals surface area contributed by atoms with Crippen LogP contribution in [0.1, 0.15) is 49.0 Å². The van der Waals surface area contributed by atoms with E-state index in [-0.39, 0.29) is 11.9 Å². The third-order valence-corrected chi connectivity index (χ3v) is 7.28. The molecule has 5 rings (SSSR count). The SMILES string of the molecule is O=C(N[C@H]1CCC2CC3C[C@@](O)(C2)CC31)c1csc(Nc2ccccn2)n1. The van der Waals surface area contributed by atoms with E-state index in [0.717, 1.165) is 32.1 Å². The number of carbonyl (C=O) groups is 1. The molecule has 3 aliphatic rings. The molecule has 2 aromatic rings. The predicted octanol–water partition coefficient (Wildman–Crippen LogP) is 3.34. The van der Waals surface area contributed by atoms with Crippen LogP contribution in [0.2, 0.25) is 0 Å². The van der Waals surface area contributed by atoms with E-state index in [9.17, 15) is 9.90 Å². The maximum absolute atomic E-state index is 12.8. The Balaban J connectivity index is 1.27. The highest BCUT2D eigenvalue weighted by Gasteiger charge is 2.53. The van der Waals surface area contributed by atoms with E-state index in [1.807, 2.05) is 18.2 Å². The summed E-state index contributed by atoms with van der Waals surface area (Å²) in [4.78, 5) is 21.4. The Morgan fingerprint density at radius 3 is 3.04 bits per heavy atom. The van der Waals surface area contributed by atoms with E-state index >= 15 is 0 Å². The summed E-state index contributed by atoms with van der Waals surface area (Å²) < 4.78 is 0. The molecule has 27 heavy (non-hydrogen) atoms. The fraction of sp³-hybridized carbons (Fsp3) is 0.550. The van der Waals surface area contributed by atoms with Crippen LogP contribution >= 0.6 is 11.3 Å². The van der Waals surface area contributed by atoms with Crippen LogP contribution in [-0.4, -0.2) is 32.6 Å². The van der Waals surface area contributed by atoms with Crippen molar-refractivity contribution < 1.29 is 9.90 Å². The lowest BCUT2D eigenvalue weighted by Crippen LogP contribution is -2.42. The molecule has 2 aromatic heterocycles. The number of hydrogen-bond donors (Lipinski definition) is 3. The van der Waals surface area contributed by atoms with Gasteiger partial charge in [-0.2, -0.15) is 0 Å². The zero-order valence-electron chi connectivity index (χ0n) is 15.1. The number of nitrogens with zero attached hydrogens (tertiary/aromatic N) is 2. The molecule has 0 spiro atoms. The summed E-state index contributed by atoms with van der Waals surface area (Å²) in [5.74, 6) is 2.17. The first-order valence-corrected chi connectivity index (χ1v) is 10.6. The van der Waals surface area contributed by atoms with Crippen LogP contribution in [0, 0.1) is 17.8 Å². The summed E-state index contributed by atoms with van der Waals surface area (Å²) in [7, 11) is 0. The minimum atomic E-state index is -0.484. The van der Waals surface area contributed by atoms with Crippen molar-refractivity contribution in [2.75, 3.05) is 5.32 Å². The maximum Gasteiger partial charge on any atom is 0.271 e. The molecule has 1 amide bonds. The Kier molecular flexibility index (Phi) is 4.16. The molecule has 3 N–H and O–H groups in total. The van der Waals surface area contributed by atoms with Crippen LogP contribution in [0.5, 0.6) is 0 Å². The van der Waals surface area contributed by atoms with Gasteiger partial charge in [0, 0.05) is 17.6 Å². The van der Waals surface area contributed by atoms with E-state index in [2.05, 4.69) is 20.6 Å². The number of pyridine rings is 1. The van der Waals surface area contributed by atoms with Crippen LogP contribution in [-0.2, 0) is 0 Å². The highest BCUT2D eigenvalue weighted by atomic mass is 32.1. The summed E-state index contributed by atoms with van der Waals surface area (Å²) in [5, 5.41) is 19.6. The molecular weight excluding hydrogens is 360 g/mol. The highest BCUT2D eigenvalue weighted by molar-refractivity contribution is 7.14. The van der Waals surface area contributed by atoms with E-state index in [4.69, 9.17) is 0 Å². The first kappa shape index (κ1) is 17.1. The Hall–Kier alpha value is -1.99. The summed E-state index contributed by atoms with van der Waals surface area (Å²) in [6.45, 7) is 0. The van der Waals surface area contributed by atoms with E-state index in [1.165, 1.54) is 17.8 Å². The Morgan fingerprint density at radius 2 is 2.19 bits per heavy atom. The largest absolute Gasteiger partial charge is 0.390 e. The molecule has 0 aromatic carbocycles. The van der Waals surface area contributed by atoms with Crippen molar-refractivity contribution in [1.29, 1.82) is 0 Å². The summed E-state index contributed by atoms with van der Waals surface area (Å²) in [6.07, 6.45) is 7.74. The molecule has 0 radical (unpaired) electrons. The summed E-state index contributed by atoms with van der Waals surface area (Å²) in [6, 6.07) is 5.77. The minimum absolute atomic E-state index is 0.112. The van der Waals surface area contributed by atoms with Gasteiger partial charge in [0.2, 0.25) is 0 Å².